The predicted octanol–water partition coefficient (Wildman–Crippen LogP) is 3.97. The van der Waals surface area contributed by atoms with Crippen LogP contribution in [0.15, 0.2) is 83.8 Å². The molecule has 0 unspecified atom stereocenters. The molecular formula is C28H32ClN3O4S. The molecule has 37 heavy (non-hydrogen) atoms. The lowest BCUT2D eigenvalue weighted by Gasteiger charge is -2.36. The van der Waals surface area contributed by atoms with Crippen molar-refractivity contribution in [2.24, 2.45) is 0 Å². The van der Waals surface area contributed by atoms with E-state index in [1.54, 1.807) is 4.90 Å². The molecule has 1 atom stereocenters. The summed E-state index contributed by atoms with van der Waals surface area (Å²) >= 11 is 6.24. The molecule has 1 heterocycles. The van der Waals surface area contributed by atoms with Crippen molar-refractivity contribution in [1.29, 1.82) is 0 Å². The number of rotatable bonds is 10. The molecule has 0 saturated carbocycles. The van der Waals surface area contributed by atoms with Crippen molar-refractivity contribution < 1.29 is 17.9 Å². The molecule has 1 aliphatic rings. The second-order valence-electron chi connectivity index (χ2n) is 8.98. The lowest BCUT2D eigenvalue weighted by molar-refractivity contribution is -0.134. The fourth-order valence-electron chi connectivity index (χ4n) is 4.39. The van der Waals surface area contributed by atoms with Crippen LogP contribution in [0.4, 0.5) is 0 Å². The summed E-state index contributed by atoms with van der Waals surface area (Å²) in [7, 11) is -4.02. The molecule has 3 aromatic carbocycles. The van der Waals surface area contributed by atoms with E-state index in [2.05, 4.69) is 21.8 Å². The van der Waals surface area contributed by atoms with E-state index in [0.717, 1.165) is 25.2 Å². The number of halogens is 1. The standard InChI is InChI=1S/C28H32ClN3O4S/c1-2-36-27-14-13-24(20-25(27)29)37(34,35)30-26(19-22-9-5-3-6-10-22)28(33)32-17-15-31(16-18-32)21-23-11-7-4-8-12-23/h3-14,20,26,30H,2,15-19,21H2,1H3/t26-/m1/s1. The Balaban J connectivity index is 1.48. The fraction of sp³-hybridized carbons (Fsp3) is 0.321. The van der Waals surface area contributed by atoms with Gasteiger partial charge in [0, 0.05) is 32.7 Å². The van der Waals surface area contributed by atoms with Gasteiger partial charge >= 0.3 is 0 Å². The van der Waals surface area contributed by atoms with Crippen LogP contribution in [0.5, 0.6) is 5.75 Å². The highest BCUT2D eigenvalue weighted by molar-refractivity contribution is 7.89. The van der Waals surface area contributed by atoms with Crippen molar-refractivity contribution in [2.75, 3.05) is 32.8 Å². The summed E-state index contributed by atoms with van der Waals surface area (Å²) in [6, 6.07) is 23.0. The minimum Gasteiger partial charge on any atom is -0.492 e. The van der Waals surface area contributed by atoms with E-state index in [1.807, 2.05) is 55.5 Å². The average molecular weight is 542 g/mol. The summed E-state index contributed by atoms with van der Waals surface area (Å²) in [6.07, 6.45) is 0.244. The topological polar surface area (TPSA) is 78.9 Å². The number of piperazine rings is 1. The Bertz CT molecular complexity index is 1280. The number of sulfonamides is 1. The van der Waals surface area contributed by atoms with E-state index < -0.39 is 16.1 Å². The number of nitrogens with one attached hydrogen (secondary N) is 1. The van der Waals surface area contributed by atoms with Gasteiger partial charge in [-0.05, 0) is 42.7 Å². The molecule has 196 valence electrons. The minimum atomic E-state index is -4.02. The van der Waals surface area contributed by atoms with E-state index in [4.69, 9.17) is 16.3 Å². The van der Waals surface area contributed by atoms with Gasteiger partial charge in [-0.25, -0.2) is 8.42 Å². The summed E-state index contributed by atoms with van der Waals surface area (Å²) in [6.45, 7) is 5.57. The molecule has 3 aromatic rings. The second kappa shape index (κ2) is 12.6. The van der Waals surface area contributed by atoms with Crippen LogP contribution in [-0.2, 0) is 27.8 Å². The Hall–Kier alpha value is -2.91. The summed E-state index contributed by atoms with van der Waals surface area (Å²) in [5, 5.41) is 0.199. The van der Waals surface area contributed by atoms with Gasteiger partial charge < -0.3 is 9.64 Å². The zero-order valence-electron chi connectivity index (χ0n) is 20.8. The van der Waals surface area contributed by atoms with Crippen molar-refractivity contribution in [3.05, 3.63) is 95.0 Å². The highest BCUT2D eigenvalue weighted by Crippen LogP contribution is 2.27. The monoisotopic (exact) mass is 541 g/mol. The molecule has 1 aliphatic heterocycles. The van der Waals surface area contributed by atoms with Crippen molar-refractivity contribution in [1.82, 2.24) is 14.5 Å². The number of benzene rings is 3. The maximum absolute atomic E-state index is 13.6. The normalized spacial score (nSPS) is 15.4. The third-order valence-electron chi connectivity index (χ3n) is 6.32. The van der Waals surface area contributed by atoms with Crippen LogP contribution < -0.4 is 9.46 Å². The molecule has 1 fully saturated rings. The first kappa shape index (κ1) is 27.1. The molecule has 9 heteroatoms. The molecule has 7 nitrogen and oxygen atoms in total. The number of hydrogen-bond acceptors (Lipinski definition) is 5. The Morgan fingerprint density at radius 2 is 1.57 bits per heavy atom. The summed E-state index contributed by atoms with van der Waals surface area (Å²) < 4.78 is 34.7. The van der Waals surface area contributed by atoms with E-state index in [0.29, 0.717) is 25.4 Å². The molecule has 0 spiro atoms. The Kier molecular flexibility index (Phi) is 9.21. The third kappa shape index (κ3) is 7.32. The predicted molar refractivity (Wildman–Crippen MR) is 145 cm³/mol. The molecule has 1 N–H and O–H groups in total. The second-order valence-corrected chi connectivity index (χ2v) is 11.1. The van der Waals surface area contributed by atoms with Crippen LogP contribution in [0.3, 0.4) is 0 Å². The van der Waals surface area contributed by atoms with E-state index in [-0.39, 0.29) is 22.2 Å². The summed E-state index contributed by atoms with van der Waals surface area (Å²) in [5.74, 6) is 0.178. The zero-order chi connectivity index (χ0) is 26.3. The molecule has 0 aliphatic carbocycles. The molecular weight excluding hydrogens is 510 g/mol. The minimum absolute atomic E-state index is 0.0144. The van der Waals surface area contributed by atoms with Crippen molar-refractivity contribution in [3.8, 4) is 5.75 Å². The maximum atomic E-state index is 13.6. The first-order valence-corrected chi connectivity index (χ1v) is 14.3. The van der Waals surface area contributed by atoms with Crippen LogP contribution in [-0.4, -0.2) is 63.0 Å². The Morgan fingerprint density at radius 1 is 0.946 bits per heavy atom. The van der Waals surface area contributed by atoms with Gasteiger partial charge in [-0.1, -0.05) is 72.3 Å². The van der Waals surface area contributed by atoms with Crippen molar-refractivity contribution >= 4 is 27.5 Å². The highest BCUT2D eigenvalue weighted by atomic mass is 35.5. The summed E-state index contributed by atoms with van der Waals surface area (Å²) in [5.41, 5.74) is 2.10. The van der Waals surface area contributed by atoms with Gasteiger partial charge in [-0.2, -0.15) is 4.72 Å². The number of carbonyl (C=O) groups is 1. The van der Waals surface area contributed by atoms with Gasteiger partial charge in [0.15, 0.2) is 0 Å². The summed E-state index contributed by atoms with van der Waals surface area (Å²) in [4.78, 5) is 17.7. The van der Waals surface area contributed by atoms with E-state index >= 15 is 0 Å². The Morgan fingerprint density at radius 3 is 2.16 bits per heavy atom. The fourth-order valence-corrected chi connectivity index (χ4v) is 5.91. The van der Waals surface area contributed by atoms with Gasteiger partial charge in [0.25, 0.3) is 0 Å². The lowest BCUT2D eigenvalue weighted by atomic mass is 10.1. The number of hydrogen-bond donors (Lipinski definition) is 1. The van der Waals surface area contributed by atoms with Crippen LogP contribution in [0.2, 0.25) is 5.02 Å². The smallest absolute Gasteiger partial charge is 0.241 e. The van der Waals surface area contributed by atoms with E-state index in [1.165, 1.54) is 23.8 Å². The van der Waals surface area contributed by atoms with E-state index in [9.17, 15) is 13.2 Å². The molecule has 1 amide bonds. The van der Waals surface area contributed by atoms with Gasteiger partial charge in [0.2, 0.25) is 15.9 Å². The first-order chi connectivity index (χ1) is 17.9. The largest absolute Gasteiger partial charge is 0.492 e. The highest BCUT2D eigenvalue weighted by Gasteiger charge is 2.31. The van der Waals surface area contributed by atoms with Gasteiger partial charge in [0.05, 0.1) is 16.5 Å². The van der Waals surface area contributed by atoms with Crippen LogP contribution in [0.25, 0.3) is 0 Å². The number of amides is 1. The Labute approximate surface area is 224 Å². The molecule has 0 bridgehead atoms. The van der Waals surface area contributed by atoms with Crippen LogP contribution in [0.1, 0.15) is 18.1 Å². The van der Waals surface area contributed by atoms with Crippen molar-refractivity contribution in [3.63, 3.8) is 0 Å². The SMILES string of the molecule is CCOc1ccc(S(=O)(=O)N[C@H](Cc2ccccc2)C(=O)N2CCN(Cc3ccccc3)CC2)cc1Cl. The molecule has 0 aromatic heterocycles. The maximum Gasteiger partial charge on any atom is 0.241 e. The first-order valence-electron chi connectivity index (χ1n) is 12.4. The van der Waals surface area contributed by atoms with Gasteiger partial charge in [0.1, 0.15) is 11.8 Å². The molecule has 1 saturated heterocycles. The number of ether oxygens (including phenoxy) is 1. The van der Waals surface area contributed by atoms with Crippen LogP contribution >= 0.6 is 11.6 Å². The lowest BCUT2D eigenvalue weighted by Crippen LogP contribution is -2.55. The average Bonchev–Trinajstić information content (AvgIpc) is 2.90. The molecule has 0 radical (unpaired) electrons. The van der Waals surface area contributed by atoms with Gasteiger partial charge in [-0.15, -0.1) is 0 Å². The number of carbonyl (C=O) groups excluding carboxylic acids is 1. The third-order valence-corrected chi connectivity index (χ3v) is 8.09. The quantitative estimate of drug-likeness (QED) is 0.420. The number of nitrogens with zero attached hydrogens (tertiary/aromatic N) is 2. The zero-order valence-corrected chi connectivity index (χ0v) is 22.4. The molecule has 4 rings (SSSR count). The van der Waals surface area contributed by atoms with Crippen LogP contribution in [0, 0.1) is 0 Å². The van der Waals surface area contributed by atoms with Crippen molar-refractivity contribution in [2.45, 2.75) is 30.8 Å². The van der Waals surface area contributed by atoms with Gasteiger partial charge in [-0.3, -0.25) is 9.69 Å².